The van der Waals surface area contributed by atoms with E-state index >= 15 is 0 Å². The Morgan fingerprint density at radius 2 is 1.85 bits per heavy atom. The van der Waals surface area contributed by atoms with E-state index < -0.39 is 10.0 Å². The van der Waals surface area contributed by atoms with Crippen LogP contribution >= 0.6 is 0 Å². The van der Waals surface area contributed by atoms with Crippen LogP contribution < -0.4 is 9.47 Å². The molecule has 1 saturated heterocycles. The van der Waals surface area contributed by atoms with Crippen molar-refractivity contribution in [3.8, 4) is 17.6 Å². The molecule has 2 aliphatic rings. The zero-order valence-corrected chi connectivity index (χ0v) is 15.6. The Balaban J connectivity index is 1.68. The predicted molar refractivity (Wildman–Crippen MR) is 99.1 cm³/mol. The van der Waals surface area contributed by atoms with Crippen LogP contribution in [-0.4, -0.2) is 32.5 Å². The van der Waals surface area contributed by atoms with Crippen molar-refractivity contribution in [3.63, 3.8) is 0 Å². The Morgan fingerprint density at radius 1 is 1.04 bits per heavy atom. The minimum absolute atomic E-state index is 0.155. The van der Waals surface area contributed by atoms with Gasteiger partial charge in [0.2, 0.25) is 10.0 Å². The molecule has 0 aromatic heterocycles. The second-order valence-corrected chi connectivity index (χ2v) is 8.56. The highest BCUT2D eigenvalue weighted by Gasteiger charge is 2.36. The van der Waals surface area contributed by atoms with Gasteiger partial charge in [-0.3, -0.25) is 0 Å². The van der Waals surface area contributed by atoms with Gasteiger partial charge in [0, 0.05) is 13.0 Å². The Hall–Kier alpha value is -2.56. The maximum atomic E-state index is 13.2. The van der Waals surface area contributed by atoms with E-state index in [9.17, 15) is 8.42 Å². The van der Waals surface area contributed by atoms with Gasteiger partial charge in [-0.2, -0.15) is 9.57 Å². The van der Waals surface area contributed by atoms with Gasteiger partial charge < -0.3 is 9.47 Å². The van der Waals surface area contributed by atoms with Crippen LogP contribution in [0, 0.1) is 11.3 Å². The summed E-state index contributed by atoms with van der Waals surface area (Å²) in [5.74, 6) is 1.37. The minimum Gasteiger partial charge on any atom is -0.490 e. The van der Waals surface area contributed by atoms with Gasteiger partial charge >= 0.3 is 0 Å². The SMILES string of the molecule is N#Cc1cccc(S(=O)(=O)N2CCC[C@@H]2c2ccc3c(c2)OCCCO3)c1. The van der Waals surface area contributed by atoms with Crippen LogP contribution in [0.1, 0.15) is 36.4 Å². The zero-order valence-electron chi connectivity index (χ0n) is 14.8. The third kappa shape index (κ3) is 3.38. The quantitative estimate of drug-likeness (QED) is 0.812. The summed E-state index contributed by atoms with van der Waals surface area (Å²) in [5, 5.41) is 9.07. The summed E-state index contributed by atoms with van der Waals surface area (Å²) < 4.78 is 39.3. The summed E-state index contributed by atoms with van der Waals surface area (Å²) in [6, 6.07) is 13.6. The number of fused-ring (bicyclic) bond motifs is 1. The molecule has 1 atom stereocenters. The number of nitriles is 1. The maximum Gasteiger partial charge on any atom is 0.243 e. The molecule has 2 aliphatic heterocycles. The van der Waals surface area contributed by atoms with Crippen molar-refractivity contribution < 1.29 is 17.9 Å². The van der Waals surface area contributed by atoms with E-state index in [-0.39, 0.29) is 10.9 Å². The Labute approximate surface area is 159 Å². The molecule has 1 fully saturated rings. The molecule has 0 aliphatic carbocycles. The molecule has 0 amide bonds. The standard InChI is InChI=1S/C20H20N2O4S/c21-14-15-4-1-5-17(12-15)27(23,24)22-9-2-6-18(22)16-7-8-19-20(13-16)26-11-3-10-25-19/h1,4-5,7-8,12-13,18H,2-3,6,9-11H2/t18-/m1/s1. The molecule has 0 bridgehead atoms. The largest absolute Gasteiger partial charge is 0.490 e. The number of benzene rings is 2. The van der Waals surface area contributed by atoms with E-state index in [4.69, 9.17) is 14.7 Å². The number of hydrogen-bond acceptors (Lipinski definition) is 5. The molecule has 0 spiro atoms. The maximum absolute atomic E-state index is 13.2. The average molecular weight is 384 g/mol. The van der Waals surface area contributed by atoms with Crippen molar-refractivity contribution in [2.75, 3.05) is 19.8 Å². The van der Waals surface area contributed by atoms with E-state index in [1.807, 2.05) is 24.3 Å². The van der Waals surface area contributed by atoms with Crippen LogP contribution in [0.3, 0.4) is 0 Å². The topological polar surface area (TPSA) is 79.6 Å². The van der Waals surface area contributed by atoms with Crippen molar-refractivity contribution in [1.82, 2.24) is 4.31 Å². The van der Waals surface area contributed by atoms with Gasteiger partial charge in [0.05, 0.1) is 35.8 Å². The molecule has 2 heterocycles. The van der Waals surface area contributed by atoms with Crippen LogP contribution in [0.25, 0.3) is 0 Å². The molecule has 0 unspecified atom stereocenters. The lowest BCUT2D eigenvalue weighted by molar-refractivity contribution is 0.296. The van der Waals surface area contributed by atoms with Gasteiger partial charge in [-0.1, -0.05) is 12.1 Å². The van der Waals surface area contributed by atoms with Gasteiger partial charge in [0.1, 0.15) is 0 Å². The van der Waals surface area contributed by atoms with Crippen LogP contribution in [0.15, 0.2) is 47.4 Å². The normalized spacial score (nSPS) is 20.0. The highest BCUT2D eigenvalue weighted by atomic mass is 32.2. The third-order valence-corrected chi connectivity index (χ3v) is 6.83. The summed E-state index contributed by atoms with van der Waals surface area (Å²) in [5.41, 5.74) is 1.24. The molecule has 6 nitrogen and oxygen atoms in total. The van der Waals surface area contributed by atoms with Crippen molar-refractivity contribution in [2.45, 2.75) is 30.2 Å². The van der Waals surface area contributed by atoms with Gasteiger partial charge in [0.15, 0.2) is 11.5 Å². The van der Waals surface area contributed by atoms with Crippen molar-refractivity contribution >= 4 is 10.0 Å². The summed E-state index contributed by atoms with van der Waals surface area (Å²) in [4.78, 5) is 0.155. The third-order valence-electron chi connectivity index (χ3n) is 4.93. The predicted octanol–water partition coefficient (Wildman–Crippen LogP) is 3.25. The molecule has 140 valence electrons. The Bertz CT molecular complexity index is 997. The fourth-order valence-electron chi connectivity index (χ4n) is 3.61. The second kappa shape index (κ2) is 7.22. The summed E-state index contributed by atoms with van der Waals surface area (Å²) in [7, 11) is -3.69. The smallest absolute Gasteiger partial charge is 0.243 e. The fourth-order valence-corrected chi connectivity index (χ4v) is 5.34. The lowest BCUT2D eigenvalue weighted by Gasteiger charge is -2.25. The Kier molecular flexibility index (Phi) is 4.77. The minimum atomic E-state index is -3.69. The first-order valence-corrected chi connectivity index (χ1v) is 10.5. The van der Waals surface area contributed by atoms with Crippen LogP contribution in [0.4, 0.5) is 0 Å². The van der Waals surface area contributed by atoms with Crippen LogP contribution in [-0.2, 0) is 10.0 Å². The Morgan fingerprint density at radius 3 is 2.67 bits per heavy atom. The number of sulfonamides is 1. The molecule has 2 aromatic carbocycles. The highest BCUT2D eigenvalue weighted by molar-refractivity contribution is 7.89. The lowest BCUT2D eigenvalue weighted by Crippen LogP contribution is -2.30. The average Bonchev–Trinajstić information content (AvgIpc) is 3.08. The number of rotatable bonds is 3. The molecular weight excluding hydrogens is 364 g/mol. The summed E-state index contributed by atoms with van der Waals surface area (Å²) >= 11 is 0. The van der Waals surface area contributed by atoms with Crippen LogP contribution in [0.5, 0.6) is 11.5 Å². The van der Waals surface area contributed by atoms with Crippen molar-refractivity contribution in [1.29, 1.82) is 5.26 Å². The first kappa shape index (κ1) is 17.8. The van der Waals surface area contributed by atoms with Gasteiger partial charge in [-0.25, -0.2) is 8.42 Å². The van der Waals surface area contributed by atoms with Gasteiger partial charge in [-0.05, 0) is 48.7 Å². The van der Waals surface area contributed by atoms with E-state index in [0.29, 0.717) is 36.8 Å². The molecular formula is C20H20N2O4S. The molecule has 2 aromatic rings. The lowest BCUT2D eigenvalue weighted by atomic mass is 10.0. The fraction of sp³-hybridized carbons (Fsp3) is 0.350. The number of nitrogens with zero attached hydrogens (tertiary/aromatic N) is 2. The van der Waals surface area contributed by atoms with Crippen molar-refractivity contribution in [3.05, 3.63) is 53.6 Å². The highest BCUT2D eigenvalue weighted by Crippen LogP contribution is 2.40. The van der Waals surface area contributed by atoms with Crippen LogP contribution in [0.2, 0.25) is 0 Å². The van der Waals surface area contributed by atoms with E-state index in [2.05, 4.69) is 0 Å². The molecule has 0 saturated carbocycles. The number of ether oxygens (including phenoxy) is 2. The molecule has 0 N–H and O–H groups in total. The first-order chi connectivity index (χ1) is 13.1. The first-order valence-electron chi connectivity index (χ1n) is 9.01. The summed E-state index contributed by atoms with van der Waals surface area (Å²) in [6.45, 7) is 1.66. The molecule has 27 heavy (non-hydrogen) atoms. The summed E-state index contributed by atoms with van der Waals surface area (Å²) in [6.07, 6.45) is 2.36. The van der Waals surface area contributed by atoms with E-state index in [1.54, 1.807) is 18.2 Å². The zero-order chi connectivity index (χ0) is 18.9. The van der Waals surface area contributed by atoms with E-state index in [1.165, 1.54) is 10.4 Å². The van der Waals surface area contributed by atoms with E-state index in [0.717, 1.165) is 24.8 Å². The second-order valence-electron chi connectivity index (χ2n) is 6.67. The molecule has 7 heteroatoms. The van der Waals surface area contributed by atoms with Gasteiger partial charge in [-0.15, -0.1) is 0 Å². The van der Waals surface area contributed by atoms with Gasteiger partial charge in [0.25, 0.3) is 0 Å². The molecule has 0 radical (unpaired) electrons. The monoisotopic (exact) mass is 384 g/mol. The van der Waals surface area contributed by atoms with Crippen molar-refractivity contribution in [2.24, 2.45) is 0 Å². The number of hydrogen-bond donors (Lipinski definition) is 0. The molecule has 4 rings (SSSR count).